The Hall–Kier alpha value is -1.50. The monoisotopic (exact) mass is 541 g/mol. The minimum atomic E-state index is -2.20. The molecular weight excluding hydrogens is 511 g/mol. The molecule has 3 aromatic rings. The molecule has 0 amide bonds. The van der Waals surface area contributed by atoms with Gasteiger partial charge in [0.15, 0.2) is 0 Å². The topological polar surface area (TPSA) is 12.0 Å². The SMILES string of the molecule is CNC.Cc1cc[c]([Bi]([c]2ccc(C)cc2)[c]2ccc(C)cc2C)cc1. The van der Waals surface area contributed by atoms with E-state index in [4.69, 9.17) is 0 Å². The third-order valence-corrected chi connectivity index (χ3v) is 14.3. The summed E-state index contributed by atoms with van der Waals surface area (Å²) in [5, 5.41) is 2.75. The van der Waals surface area contributed by atoms with Gasteiger partial charge in [0.2, 0.25) is 0 Å². The Morgan fingerprint density at radius 2 is 0.962 bits per heavy atom. The van der Waals surface area contributed by atoms with Gasteiger partial charge in [0, 0.05) is 0 Å². The summed E-state index contributed by atoms with van der Waals surface area (Å²) in [4.78, 5) is 0. The van der Waals surface area contributed by atoms with Crippen LogP contribution in [0.1, 0.15) is 22.3 Å². The van der Waals surface area contributed by atoms with Crippen molar-refractivity contribution in [3.05, 3.63) is 89.0 Å². The molecule has 0 radical (unpaired) electrons. The molecule has 0 aromatic heterocycles. The minimum absolute atomic E-state index is 1.34. The Labute approximate surface area is 167 Å². The summed E-state index contributed by atoms with van der Waals surface area (Å²) < 4.78 is 4.71. The molecule has 0 unspecified atom stereocenters. The summed E-state index contributed by atoms with van der Waals surface area (Å²) in [7, 11) is 3.75. The molecule has 0 fully saturated rings. The molecule has 0 saturated carbocycles. The van der Waals surface area contributed by atoms with Crippen molar-refractivity contribution >= 4 is 31.6 Å². The van der Waals surface area contributed by atoms with Gasteiger partial charge in [-0.05, 0) is 14.1 Å². The fourth-order valence-electron chi connectivity index (χ4n) is 2.87. The van der Waals surface area contributed by atoms with E-state index in [1.54, 1.807) is 9.81 Å². The molecule has 0 saturated heterocycles. The average Bonchev–Trinajstić information content (AvgIpc) is 2.61. The summed E-state index contributed by atoms with van der Waals surface area (Å²) in [5.74, 6) is 0. The Balaban J connectivity index is 0.000000758. The van der Waals surface area contributed by atoms with E-state index in [-0.39, 0.29) is 0 Å². The molecule has 0 atom stereocenters. The van der Waals surface area contributed by atoms with E-state index in [2.05, 4.69) is 99.7 Å². The maximum absolute atomic E-state index is 2.75. The second-order valence-corrected chi connectivity index (χ2v) is 15.3. The van der Waals surface area contributed by atoms with Crippen molar-refractivity contribution in [2.24, 2.45) is 0 Å². The summed E-state index contributed by atoms with van der Waals surface area (Å²) >= 11 is -2.20. The van der Waals surface area contributed by atoms with E-state index in [9.17, 15) is 0 Å². The Bertz CT molecular complexity index is 774. The van der Waals surface area contributed by atoms with Crippen molar-refractivity contribution in [2.75, 3.05) is 14.1 Å². The van der Waals surface area contributed by atoms with Gasteiger partial charge in [0.25, 0.3) is 0 Å². The van der Waals surface area contributed by atoms with Crippen molar-refractivity contribution < 1.29 is 0 Å². The second-order valence-electron chi connectivity index (χ2n) is 6.80. The van der Waals surface area contributed by atoms with Gasteiger partial charge in [0.05, 0.1) is 0 Å². The standard InChI is InChI=1S/C8H9.2C7H7.C2H7N.Bi/c1-7-4-3-5-8(2)6-7;2*1-7-5-3-2-4-6-7;1-3-2;/h3-4,6H,1-2H3;2*3-6H,1H3;3H,1-2H3;. The number of rotatable bonds is 3. The van der Waals surface area contributed by atoms with Crippen molar-refractivity contribution in [3.8, 4) is 0 Å². The van der Waals surface area contributed by atoms with Gasteiger partial charge >= 0.3 is 148 Å². The molecule has 0 aliphatic carbocycles. The van der Waals surface area contributed by atoms with Gasteiger partial charge < -0.3 is 5.32 Å². The zero-order valence-corrected chi connectivity index (χ0v) is 20.3. The van der Waals surface area contributed by atoms with Gasteiger partial charge in [-0.15, -0.1) is 0 Å². The molecule has 0 spiro atoms. The summed E-state index contributed by atoms with van der Waals surface area (Å²) in [6.07, 6.45) is 0. The van der Waals surface area contributed by atoms with E-state index in [1.165, 1.54) is 22.3 Å². The first kappa shape index (κ1) is 20.8. The van der Waals surface area contributed by atoms with Crippen molar-refractivity contribution in [3.63, 3.8) is 0 Å². The molecule has 26 heavy (non-hydrogen) atoms. The zero-order chi connectivity index (χ0) is 19.1. The zero-order valence-electron chi connectivity index (χ0n) is 16.8. The fourth-order valence-corrected chi connectivity index (χ4v) is 12.2. The summed E-state index contributed by atoms with van der Waals surface area (Å²) in [6, 6.07) is 25.4. The third kappa shape index (κ3) is 5.50. The van der Waals surface area contributed by atoms with Crippen LogP contribution < -0.4 is 15.1 Å². The van der Waals surface area contributed by atoms with Crippen LogP contribution in [0.2, 0.25) is 0 Å². The van der Waals surface area contributed by atoms with E-state index in [0.717, 1.165) is 0 Å². The Morgan fingerprint density at radius 3 is 1.35 bits per heavy atom. The van der Waals surface area contributed by atoms with Crippen LogP contribution in [0.4, 0.5) is 0 Å². The Morgan fingerprint density at radius 1 is 0.577 bits per heavy atom. The number of benzene rings is 3. The van der Waals surface area contributed by atoms with Crippen LogP contribution in [-0.4, -0.2) is 35.8 Å². The molecule has 2 heteroatoms. The maximum atomic E-state index is 2.75. The molecule has 0 heterocycles. The first-order valence-corrected chi connectivity index (χ1v) is 14.3. The molecule has 1 nitrogen and oxygen atoms in total. The third-order valence-electron chi connectivity index (χ3n) is 4.18. The van der Waals surface area contributed by atoms with Gasteiger partial charge in [0.1, 0.15) is 0 Å². The quantitative estimate of drug-likeness (QED) is 0.503. The molecule has 136 valence electrons. The van der Waals surface area contributed by atoms with Crippen LogP contribution in [0.15, 0.2) is 66.7 Å². The number of hydrogen-bond acceptors (Lipinski definition) is 1. The summed E-state index contributed by atoms with van der Waals surface area (Å²) in [5.41, 5.74) is 5.47. The summed E-state index contributed by atoms with van der Waals surface area (Å²) in [6.45, 7) is 8.78. The Kier molecular flexibility index (Phi) is 8.00. The van der Waals surface area contributed by atoms with Gasteiger partial charge in [-0.3, -0.25) is 0 Å². The van der Waals surface area contributed by atoms with Crippen molar-refractivity contribution in [1.29, 1.82) is 0 Å². The normalized spacial score (nSPS) is 10.4. The number of nitrogens with one attached hydrogen (secondary N) is 1. The van der Waals surface area contributed by atoms with Crippen LogP contribution in [0.3, 0.4) is 0 Å². The first-order chi connectivity index (χ1) is 12.5. The van der Waals surface area contributed by atoms with E-state index >= 15 is 0 Å². The molecule has 3 rings (SSSR count). The van der Waals surface area contributed by atoms with Crippen molar-refractivity contribution in [1.82, 2.24) is 5.32 Å². The molecule has 0 aliphatic heterocycles. The van der Waals surface area contributed by atoms with Crippen LogP contribution in [0.25, 0.3) is 0 Å². The number of hydrogen-bond donors (Lipinski definition) is 1. The van der Waals surface area contributed by atoms with Gasteiger partial charge in [-0.2, -0.15) is 0 Å². The first-order valence-electron chi connectivity index (χ1n) is 9.05. The molecule has 0 aliphatic rings. The predicted octanol–water partition coefficient (Wildman–Crippen LogP) is 3.27. The second kappa shape index (κ2) is 10.00. The van der Waals surface area contributed by atoms with Crippen LogP contribution >= 0.6 is 0 Å². The van der Waals surface area contributed by atoms with E-state index in [0.29, 0.717) is 0 Å². The van der Waals surface area contributed by atoms with Gasteiger partial charge in [-0.25, -0.2) is 0 Å². The molecular formula is C24H30BiN. The van der Waals surface area contributed by atoms with Crippen LogP contribution in [0.5, 0.6) is 0 Å². The molecule has 1 N–H and O–H groups in total. The predicted molar refractivity (Wildman–Crippen MR) is 118 cm³/mol. The van der Waals surface area contributed by atoms with Gasteiger partial charge in [-0.1, -0.05) is 0 Å². The molecule has 0 bridgehead atoms. The van der Waals surface area contributed by atoms with Crippen molar-refractivity contribution in [2.45, 2.75) is 27.7 Å². The van der Waals surface area contributed by atoms with E-state index in [1.807, 2.05) is 14.1 Å². The fraction of sp³-hybridized carbons (Fsp3) is 0.250. The van der Waals surface area contributed by atoms with Crippen LogP contribution in [0, 0.1) is 27.7 Å². The van der Waals surface area contributed by atoms with E-state index < -0.39 is 21.8 Å². The van der Waals surface area contributed by atoms with Crippen LogP contribution in [-0.2, 0) is 0 Å². The average molecular weight is 541 g/mol. The molecule has 3 aromatic carbocycles. The number of aryl methyl sites for hydroxylation is 4.